The molecule has 1 unspecified atom stereocenters. The average molecular weight is 273 g/mol. The van der Waals surface area contributed by atoms with Gasteiger partial charge in [0.25, 0.3) is 0 Å². The number of hydrogen-bond donors (Lipinski definition) is 1. The zero-order chi connectivity index (χ0) is 14.8. The van der Waals surface area contributed by atoms with Crippen LogP contribution in [0.4, 0.5) is 0 Å². The maximum atomic E-state index is 3.83. The monoisotopic (exact) mass is 273 g/mol. The molecule has 0 radical (unpaired) electrons. The molecule has 1 fully saturated rings. The van der Waals surface area contributed by atoms with Crippen molar-refractivity contribution < 1.29 is 0 Å². The molecule has 0 aromatic heterocycles. The summed E-state index contributed by atoms with van der Waals surface area (Å²) in [7, 11) is 0. The predicted octanol–water partition coefficient (Wildman–Crippen LogP) is 4.98. The summed E-state index contributed by atoms with van der Waals surface area (Å²) in [6, 6.07) is 11.5. The van der Waals surface area contributed by atoms with Gasteiger partial charge in [0.05, 0.1) is 0 Å². The minimum Gasteiger partial charge on any atom is -0.313 e. The van der Waals surface area contributed by atoms with Gasteiger partial charge in [-0.2, -0.15) is 0 Å². The average Bonchev–Trinajstić information content (AvgIpc) is 2.33. The molecule has 2 rings (SSSR count). The molecule has 112 valence electrons. The van der Waals surface area contributed by atoms with Crippen molar-refractivity contribution >= 4 is 0 Å². The fraction of sp³-hybridized carbons (Fsp3) is 0.684. The second kappa shape index (κ2) is 5.89. The van der Waals surface area contributed by atoms with Crippen molar-refractivity contribution in [1.82, 2.24) is 5.32 Å². The summed E-state index contributed by atoms with van der Waals surface area (Å²) in [5.74, 6) is 0.587. The zero-order valence-corrected chi connectivity index (χ0v) is 13.9. The van der Waals surface area contributed by atoms with Crippen LogP contribution in [0.3, 0.4) is 0 Å². The van der Waals surface area contributed by atoms with Crippen LogP contribution in [-0.2, 0) is 0 Å². The first-order valence-electron chi connectivity index (χ1n) is 8.06. The highest BCUT2D eigenvalue weighted by Crippen LogP contribution is 2.45. The van der Waals surface area contributed by atoms with Gasteiger partial charge in [0, 0.05) is 12.6 Å². The molecule has 0 aliphatic heterocycles. The lowest BCUT2D eigenvalue weighted by Gasteiger charge is -2.45. The maximum Gasteiger partial charge on any atom is 0.00774 e. The van der Waals surface area contributed by atoms with E-state index in [1.54, 1.807) is 0 Å². The van der Waals surface area contributed by atoms with E-state index in [1.807, 2.05) is 0 Å². The molecule has 1 aliphatic carbocycles. The van der Waals surface area contributed by atoms with E-state index in [1.165, 1.54) is 24.8 Å². The largest absolute Gasteiger partial charge is 0.313 e. The lowest BCUT2D eigenvalue weighted by atomic mass is 9.63. The molecule has 1 atom stereocenters. The molecule has 0 bridgehead atoms. The minimum atomic E-state index is 0.468. The van der Waals surface area contributed by atoms with Crippen LogP contribution >= 0.6 is 0 Å². The van der Waals surface area contributed by atoms with E-state index in [9.17, 15) is 0 Å². The van der Waals surface area contributed by atoms with Crippen molar-refractivity contribution in [2.45, 2.75) is 65.8 Å². The third-order valence-corrected chi connectivity index (χ3v) is 4.64. The molecule has 0 saturated heterocycles. The van der Waals surface area contributed by atoms with Crippen molar-refractivity contribution in [3.05, 3.63) is 35.9 Å². The van der Waals surface area contributed by atoms with Crippen LogP contribution in [0.1, 0.15) is 65.4 Å². The molecule has 20 heavy (non-hydrogen) atoms. The SMILES string of the molecule is CC(CNC1CC(C)(C)CC(C)(C)C1)c1ccccc1. The van der Waals surface area contributed by atoms with Crippen LogP contribution in [0.5, 0.6) is 0 Å². The van der Waals surface area contributed by atoms with Gasteiger partial charge in [-0.25, -0.2) is 0 Å². The molecule has 1 aliphatic rings. The van der Waals surface area contributed by atoms with Crippen molar-refractivity contribution in [3.8, 4) is 0 Å². The summed E-state index contributed by atoms with van der Waals surface area (Å²) in [6.07, 6.45) is 3.95. The van der Waals surface area contributed by atoms with Crippen molar-refractivity contribution in [2.75, 3.05) is 6.54 Å². The van der Waals surface area contributed by atoms with E-state index in [4.69, 9.17) is 0 Å². The van der Waals surface area contributed by atoms with E-state index < -0.39 is 0 Å². The Morgan fingerprint density at radius 1 is 1.05 bits per heavy atom. The zero-order valence-electron chi connectivity index (χ0n) is 13.9. The Labute approximate surface area is 125 Å². The summed E-state index contributed by atoms with van der Waals surface area (Å²) < 4.78 is 0. The summed E-state index contributed by atoms with van der Waals surface area (Å²) in [4.78, 5) is 0. The Bertz CT molecular complexity index is 403. The highest BCUT2D eigenvalue weighted by Gasteiger charge is 2.38. The van der Waals surface area contributed by atoms with Gasteiger partial charge >= 0.3 is 0 Å². The van der Waals surface area contributed by atoms with E-state index in [0.29, 0.717) is 22.8 Å². The second-order valence-corrected chi connectivity index (χ2v) is 8.33. The standard InChI is InChI=1S/C19H31N/c1-15(16-9-7-6-8-10-16)13-20-17-11-18(2,3)14-19(4,5)12-17/h6-10,15,17,20H,11-14H2,1-5H3. The van der Waals surface area contributed by atoms with Crippen molar-refractivity contribution in [1.29, 1.82) is 0 Å². The molecule has 1 aromatic carbocycles. The van der Waals surface area contributed by atoms with Gasteiger partial charge in [-0.1, -0.05) is 65.0 Å². The summed E-state index contributed by atoms with van der Waals surface area (Å²) in [5.41, 5.74) is 2.37. The van der Waals surface area contributed by atoms with Crippen molar-refractivity contribution in [2.24, 2.45) is 10.8 Å². The third-order valence-electron chi connectivity index (χ3n) is 4.64. The molecule has 0 heterocycles. The Hall–Kier alpha value is -0.820. The Morgan fingerprint density at radius 2 is 1.60 bits per heavy atom. The van der Waals surface area contributed by atoms with Crippen LogP contribution < -0.4 is 5.32 Å². The molecule has 0 amide bonds. The predicted molar refractivity (Wildman–Crippen MR) is 88.1 cm³/mol. The van der Waals surface area contributed by atoms with Gasteiger partial charge in [-0.05, 0) is 41.6 Å². The van der Waals surface area contributed by atoms with Crippen LogP contribution in [0.2, 0.25) is 0 Å². The third kappa shape index (κ3) is 4.34. The number of rotatable bonds is 4. The molecular weight excluding hydrogens is 242 g/mol. The normalized spacial score (nSPS) is 23.4. The highest BCUT2D eigenvalue weighted by atomic mass is 14.9. The number of hydrogen-bond acceptors (Lipinski definition) is 1. The quantitative estimate of drug-likeness (QED) is 0.815. The lowest BCUT2D eigenvalue weighted by Crippen LogP contribution is -2.44. The topological polar surface area (TPSA) is 12.0 Å². The molecule has 1 nitrogen and oxygen atoms in total. The van der Waals surface area contributed by atoms with Crippen LogP contribution in [0.15, 0.2) is 30.3 Å². The molecule has 0 spiro atoms. The summed E-state index contributed by atoms with van der Waals surface area (Å²) >= 11 is 0. The van der Waals surface area contributed by atoms with Gasteiger partial charge < -0.3 is 5.32 Å². The highest BCUT2D eigenvalue weighted by molar-refractivity contribution is 5.19. The maximum absolute atomic E-state index is 3.83. The van der Waals surface area contributed by atoms with Crippen LogP contribution in [0, 0.1) is 10.8 Å². The number of benzene rings is 1. The summed E-state index contributed by atoms with van der Waals surface area (Å²) in [5, 5.41) is 3.83. The van der Waals surface area contributed by atoms with E-state index in [2.05, 4.69) is 70.3 Å². The Morgan fingerprint density at radius 3 is 2.15 bits per heavy atom. The van der Waals surface area contributed by atoms with Gasteiger partial charge in [0.15, 0.2) is 0 Å². The summed E-state index contributed by atoms with van der Waals surface area (Å²) in [6.45, 7) is 13.1. The van der Waals surface area contributed by atoms with Crippen LogP contribution in [-0.4, -0.2) is 12.6 Å². The van der Waals surface area contributed by atoms with Gasteiger partial charge in [0.2, 0.25) is 0 Å². The first-order chi connectivity index (χ1) is 9.27. The fourth-order valence-corrected chi connectivity index (χ4v) is 4.23. The molecular formula is C19H31N. The first-order valence-corrected chi connectivity index (χ1v) is 8.06. The minimum absolute atomic E-state index is 0.468. The van der Waals surface area contributed by atoms with E-state index in [-0.39, 0.29) is 0 Å². The molecule has 1 N–H and O–H groups in total. The molecule has 1 aromatic rings. The smallest absolute Gasteiger partial charge is 0.00774 e. The van der Waals surface area contributed by atoms with Gasteiger partial charge in [0.1, 0.15) is 0 Å². The van der Waals surface area contributed by atoms with Gasteiger partial charge in [-0.15, -0.1) is 0 Å². The second-order valence-electron chi connectivity index (χ2n) is 8.33. The van der Waals surface area contributed by atoms with Crippen molar-refractivity contribution in [3.63, 3.8) is 0 Å². The van der Waals surface area contributed by atoms with Gasteiger partial charge in [-0.3, -0.25) is 0 Å². The van der Waals surface area contributed by atoms with E-state index in [0.717, 1.165) is 6.54 Å². The Kier molecular flexibility index (Phi) is 4.59. The Balaban J connectivity index is 1.90. The lowest BCUT2D eigenvalue weighted by molar-refractivity contribution is 0.0847. The molecule has 1 saturated carbocycles. The molecule has 1 heteroatoms. The van der Waals surface area contributed by atoms with E-state index >= 15 is 0 Å². The number of nitrogens with one attached hydrogen (secondary N) is 1. The first kappa shape index (κ1) is 15.6. The fourth-order valence-electron chi connectivity index (χ4n) is 4.23. The van der Waals surface area contributed by atoms with Crippen LogP contribution in [0.25, 0.3) is 0 Å².